The van der Waals surface area contributed by atoms with Crippen molar-refractivity contribution >= 4 is 11.8 Å². The lowest BCUT2D eigenvalue weighted by atomic mass is 10.2. The first-order valence-corrected chi connectivity index (χ1v) is 5.74. The van der Waals surface area contributed by atoms with E-state index in [4.69, 9.17) is 5.11 Å². The third-order valence-corrected chi connectivity index (χ3v) is 2.46. The van der Waals surface area contributed by atoms with Gasteiger partial charge in [-0.25, -0.2) is 4.79 Å². The average molecular weight is 258 g/mol. The lowest BCUT2D eigenvalue weighted by Crippen LogP contribution is -2.05. The number of anilines is 1. The molecule has 19 heavy (non-hydrogen) atoms. The standard InChI is InChI=1S/C13H14N4O2/c1-3-7-14-12-11(13(18)19)15-17(16-12)10-6-4-5-9(2)8-10/h3-6,8H,1,7H2,2H3,(H,14,16)(H,18,19). The summed E-state index contributed by atoms with van der Waals surface area (Å²) in [5, 5.41) is 20.1. The van der Waals surface area contributed by atoms with Crippen molar-refractivity contribution in [1.29, 1.82) is 0 Å². The van der Waals surface area contributed by atoms with Gasteiger partial charge in [0.15, 0.2) is 5.82 Å². The van der Waals surface area contributed by atoms with Gasteiger partial charge in [-0.05, 0) is 24.6 Å². The van der Waals surface area contributed by atoms with E-state index in [9.17, 15) is 4.79 Å². The highest BCUT2D eigenvalue weighted by Crippen LogP contribution is 2.14. The van der Waals surface area contributed by atoms with E-state index in [0.717, 1.165) is 5.56 Å². The van der Waals surface area contributed by atoms with E-state index in [-0.39, 0.29) is 11.5 Å². The summed E-state index contributed by atoms with van der Waals surface area (Å²) < 4.78 is 0. The van der Waals surface area contributed by atoms with Crippen LogP contribution in [0.15, 0.2) is 36.9 Å². The molecule has 6 nitrogen and oxygen atoms in total. The zero-order valence-corrected chi connectivity index (χ0v) is 10.5. The predicted octanol–water partition coefficient (Wildman–Crippen LogP) is 1.87. The number of aromatic nitrogens is 3. The third-order valence-electron chi connectivity index (χ3n) is 2.46. The largest absolute Gasteiger partial charge is 0.476 e. The second-order valence-electron chi connectivity index (χ2n) is 4.00. The fourth-order valence-electron chi connectivity index (χ4n) is 1.61. The summed E-state index contributed by atoms with van der Waals surface area (Å²) in [5.41, 5.74) is 1.66. The lowest BCUT2D eigenvalue weighted by molar-refractivity contribution is 0.0691. The van der Waals surface area contributed by atoms with E-state index in [2.05, 4.69) is 22.1 Å². The quantitative estimate of drug-likeness (QED) is 0.800. The van der Waals surface area contributed by atoms with E-state index in [1.807, 2.05) is 31.2 Å². The topological polar surface area (TPSA) is 80.0 Å². The van der Waals surface area contributed by atoms with E-state index in [1.54, 1.807) is 6.08 Å². The predicted molar refractivity (Wildman–Crippen MR) is 71.7 cm³/mol. The van der Waals surface area contributed by atoms with Gasteiger partial charge in [-0.2, -0.15) is 0 Å². The summed E-state index contributed by atoms with van der Waals surface area (Å²) in [4.78, 5) is 12.4. The molecule has 2 N–H and O–H groups in total. The molecule has 0 saturated carbocycles. The first kappa shape index (κ1) is 12.8. The van der Waals surface area contributed by atoms with Crippen LogP contribution in [0.25, 0.3) is 5.69 Å². The molecule has 0 aliphatic rings. The fourth-order valence-corrected chi connectivity index (χ4v) is 1.61. The van der Waals surface area contributed by atoms with Crippen LogP contribution >= 0.6 is 0 Å². The molecule has 1 aromatic heterocycles. The van der Waals surface area contributed by atoms with Crippen LogP contribution in [0.3, 0.4) is 0 Å². The molecule has 98 valence electrons. The Bertz CT molecular complexity index is 619. The van der Waals surface area contributed by atoms with Crippen molar-refractivity contribution in [2.75, 3.05) is 11.9 Å². The molecule has 0 aliphatic carbocycles. The number of nitrogens with one attached hydrogen (secondary N) is 1. The van der Waals surface area contributed by atoms with Gasteiger partial charge in [0, 0.05) is 6.54 Å². The van der Waals surface area contributed by atoms with Gasteiger partial charge in [0.1, 0.15) is 0 Å². The Hall–Kier alpha value is -2.63. The molecule has 1 heterocycles. The van der Waals surface area contributed by atoms with Gasteiger partial charge in [0.25, 0.3) is 0 Å². The molecule has 0 spiro atoms. The zero-order valence-electron chi connectivity index (χ0n) is 10.5. The van der Waals surface area contributed by atoms with Crippen LogP contribution in [0.1, 0.15) is 16.1 Å². The number of carboxylic acids is 1. The van der Waals surface area contributed by atoms with Crippen molar-refractivity contribution in [3.8, 4) is 5.69 Å². The summed E-state index contributed by atoms with van der Waals surface area (Å²) in [6, 6.07) is 7.51. The summed E-state index contributed by atoms with van der Waals surface area (Å²) in [5.74, 6) is -0.889. The number of aromatic carboxylic acids is 1. The fraction of sp³-hybridized carbons (Fsp3) is 0.154. The van der Waals surface area contributed by atoms with Crippen molar-refractivity contribution in [3.05, 3.63) is 48.2 Å². The van der Waals surface area contributed by atoms with E-state index in [1.165, 1.54) is 4.80 Å². The van der Waals surface area contributed by atoms with E-state index in [0.29, 0.717) is 12.2 Å². The Morgan fingerprint density at radius 3 is 2.95 bits per heavy atom. The zero-order chi connectivity index (χ0) is 13.8. The highest BCUT2D eigenvalue weighted by molar-refractivity contribution is 5.90. The molecule has 0 bridgehead atoms. The Balaban J connectivity index is 2.42. The number of hydrogen-bond donors (Lipinski definition) is 2. The van der Waals surface area contributed by atoms with Gasteiger partial charge in [0.05, 0.1) is 5.69 Å². The molecule has 2 rings (SSSR count). The monoisotopic (exact) mass is 258 g/mol. The number of benzene rings is 1. The summed E-state index contributed by atoms with van der Waals surface area (Å²) in [6.45, 7) is 5.93. The molecular weight excluding hydrogens is 244 g/mol. The van der Waals surface area contributed by atoms with Crippen LogP contribution in [0.5, 0.6) is 0 Å². The second kappa shape index (κ2) is 5.34. The minimum Gasteiger partial charge on any atom is -0.476 e. The third kappa shape index (κ3) is 2.79. The number of aryl methyl sites for hydroxylation is 1. The molecule has 0 radical (unpaired) electrons. The van der Waals surface area contributed by atoms with E-state index >= 15 is 0 Å². The van der Waals surface area contributed by atoms with Crippen LogP contribution < -0.4 is 5.32 Å². The Morgan fingerprint density at radius 2 is 2.32 bits per heavy atom. The maximum atomic E-state index is 11.1. The van der Waals surface area contributed by atoms with Gasteiger partial charge < -0.3 is 10.4 Å². The maximum absolute atomic E-state index is 11.1. The van der Waals surface area contributed by atoms with E-state index < -0.39 is 5.97 Å². The average Bonchev–Trinajstić information content (AvgIpc) is 2.80. The second-order valence-corrected chi connectivity index (χ2v) is 4.00. The van der Waals surface area contributed by atoms with Crippen LogP contribution in [0, 0.1) is 6.92 Å². The first-order chi connectivity index (χ1) is 9.11. The summed E-state index contributed by atoms with van der Waals surface area (Å²) >= 11 is 0. The Morgan fingerprint density at radius 1 is 1.53 bits per heavy atom. The van der Waals surface area contributed by atoms with Crippen LogP contribution in [-0.2, 0) is 0 Å². The van der Waals surface area contributed by atoms with Gasteiger partial charge in [-0.15, -0.1) is 21.6 Å². The van der Waals surface area contributed by atoms with Crippen LogP contribution in [0.4, 0.5) is 5.82 Å². The SMILES string of the molecule is C=CCNc1nn(-c2cccc(C)c2)nc1C(=O)O. The summed E-state index contributed by atoms with van der Waals surface area (Å²) in [6.07, 6.45) is 1.62. The molecule has 6 heteroatoms. The van der Waals surface area contributed by atoms with Crippen LogP contribution in [0.2, 0.25) is 0 Å². The van der Waals surface area contributed by atoms with Gasteiger partial charge in [-0.3, -0.25) is 0 Å². The highest BCUT2D eigenvalue weighted by Gasteiger charge is 2.17. The first-order valence-electron chi connectivity index (χ1n) is 5.74. The lowest BCUT2D eigenvalue weighted by Gasteiger charge is -2.00. The van der Waals surface area contributed by atoms with Crippen molar-refractivity contribution in [3.63, 3.8) is 0 Å². The minimum absolute atomic E-state index is 0.108. The van der Waals surface area contributed by atoms with Gasteiger partial charge >= 0.3 is 5.97 Å². The minimum atomic E-state index is -1.12. The van der Waals surface area contributed by atoms with Crippen molar-refractivity contribution in [2.45, 2.75) is 6.92 Å². The Kier molecular flexibility index (Phi) is 3.61. The van der Waals surface area contributed by atoms with Crippen molar-refractivity contribution in [2.24, 2.45) is 0 Å². The normalized spacial score (nSPS) is 10.2. The number of hydrogen-bond acceptors (Lipinski definition) is 4. The molecule has 0 unspecified atom stereocenters. The molecule has 2 aromatic rings. The molecule has 0 saturated heterocycles. The molecule has 0 fully saturated rings. The highest BCUT2D eigenvalue weighted by atomic mass is 16.4. The molecule has 0 amide bonds. The number of carboxylic acid groups (broad SMARTS) is 1. The maximum Gasteiger partial charge on any atom is 0.360 e. The molecule has 0 atom stereocenters. The number of carbonyl (C=O) groups is 1. The molecular formula is C13H14N4O2. The Labute approximate surface area is 110 Å². The van der Waals surface area contributed by atoms with Gasteiger partial charge in [-0.1, -0.05) is 18.2 Å². The summed E-state index contributed by atoms with van der Waals surface area (Å²) in [7, 11) is 0. The van der Waals surface area contributed by atoms with Crippen LogP contribution in [-0.4, -0.2) is 32.6 Å². The van der Waals surface area contributed by atoms with Crippen molar-refractivity contribution < 1.29 is 9.90 Å². The van der Waals surface area contributed by atoms with Crippen molar-refractivity contribution in [1.82, 2.24) is 15.0 Å². The number of rotatable bonds is 5. The molecule has 1 aromatic carbocycles. The van der Waals surface area contributed by atoms with Gasteiger partial charge in [0.2, 0.25) is 5.69 Å². The number of nitrogens with zero attached hydrogens (tertiary/aromatic N) is 3. The molecule has 0 aliphatic heterocycles. The smallest absolute Gasteiger partial charge is 0.360 e.